The molecule has 0 amide bonds. The van der Waals surface area contributed by atoms with E-state index in [2.05, 4.69) is 15.3 Å². The van der Waals surface area contributed by atoms with Crippen LogP contribution < -0.4 is 11.1 Å². The van der Waals surface area contributed by atoms with Crippen molar-refractivity contribution in [2.24, 2.45) is 0 Å². The normalized spacial score (nSPS) is 12.4. The highest BCUT2D eigenvalue weighted by atomic mass is 16.5. The summed E-state index contributed by atoms with van der Waals surface area (Å²) >= 11 is 0. The van der Waals surface area contributed by atoms with Crippen LogP contribution in [0.2, 0.25) is 0 Å². The Morgan fingerprint density at radius 2 is 2.28 bits per heavy atom. The van der Waals surface area contributed by atoms with Gasteiger partial charge >= 0.3 is 0 Å². The Hall–Kier alpha value is -1.40. The molecule has 4 N–H and O–H groups in total. The molecular weight excluding hydrogens is 232 g/mol. The third-order valence-corrected chi connectivity index (χ3v) is 2.33. The average molecular weight is 254 g/mol. The van der Waals surface area contributed by atoms with Gasteiger partial charge in [-0.15, -0.1) is 0 Å². The summed E-state index contributed by atoms with van der Waals surface area (Å²) in [5.74, 6) is 1.70. The molecule has 0 radical (unpaired) electrons. The predicted molar refractivity (Wildman–Crippen MR) is 71.2 cm³/mol. The summed E-state index contributed by atoms with van der Waals surface area (Å²) < 4.78 is 5.25. The van der Waals surface area contributed by atoms with Crippen LogP contribution >= 0.6 is 0 Å². The van der Waals surface area contributed by atoms with Gasteiger partial charge in [0.1, 0.15) is 18.2 Å². The van der Waals surface area contributed by atoms with Crippen molar-refractivity contribution in [2.75, 3.05) is 24.2 Å². The van der Waals surface area contributed by atoms with Gasteiger partial charge in [0, 0.05) is 19.2 Å². The second kappa shape index (κ2) is 7.84. The quantitative estimate of drug-likeness (QED) is 0.603. The van der Waals surface area contributed by atoms with E-state index in [0.717, 1.165) is 19.4 Å². The van der Waals surface area contributed by atoms with Crippen LogP contribution in [0.15, 0.2) is 6.07 Å². The van der Waals surface area contributed by atoms with Crippen molar-refractivity contribution in [2.45, 2.75) is 39.4 Å². The minimum absolute atomic E-state index is 0.268. The first kappa shape index (κ1) is 14.7. The van der Waals surface area contributed by atoms with E-state index in [1.54, 1.807) is 13.0 Å². The minimum atomic E-state index is -0.268. The maximum Gasteiger partial charge on any atom is 0.158 e. The number of anilines is 2. The number of rotatable bonds is 8. The molecule has 1 aromatic heterocycles. The first-order chi connectivity index (χ1) is 8.61. The number of ether oxygens (including phenoxy) is 1. The lowest BCUT2D eigenvalue weighted by atomic mass is 10.2. The van der Waals surface area contributed by atoms with Gasteiger partial charge in [0.25, 0.3) is 0 Å². The summed E-state index contributed by atoms with van der Waals surface area (Å²) in [5.41, 5.74) is 5.70. The van der Waals surface area contributed by atoms with Gasteiger partial charge in [-0.3, -0.25) is 0 Å². The molecule has 1 rings (SSSR count). The van der Waals surface area contributed by atoms with Crippen molar-refractivity contribution in [1.29, 1.82) is 0 Å². The van der Waals surface area contributed by atoms with Crippen LogP contribution in [-0.4, -0.2) is 34.3 Å². The van der Waals surface area contributed by atoms with E-state index >= 15 is 0 Å². The van der Waals surface area contributed by atoms with E-state index in [4.69, 9.17) is 15.6 Å². The van der Waals surface area contributed by atoms with Crippen LogP contribution in [0.5, 0.6) is 0 Å². The van der Waals surface area contributed by atoms with Gasteiger partial charge in [-0.05, 0) is 26.7 Å². The molecule has 0 aliphatic rings. The molecule has 1 unspecified atom stereocenters. The van der Waals surface area contributed by atoms with Gasteiger partial charge in [-0.1, -0.05) is 0 Å². The smallest absolute Gasteiger partial charge is 0.158 e. The van der Waals surface area contributed by atoms with Gasteiger partial charge < -0.3 is 20.9 Å². The molecule has 0 spiro atoms. The van der Waals surface area contributed by atoms with E-state index in [-0.39, 0.29) is 6.10 Å². The number of aliphatic hydroxyl groups excluding tert-OH is 1. The second-order valence-electron chi connectivity index (χ2n) is 4.15. The van der Waals surface area contributed by atoms with Crippen molar-refractivity contribution in [1.82, 2.24) is 9.97 Å². The molecule has 1 heterocycles. The Morgan fingerprint density at radius 1 is 1.50 bits per heavy atom. The summed E-state index contributed by atoms with van der Waals surface area (Å²) in [6, 6.07) is 1.69. The summed E-state index contributed by atoms with van der Waals surface area (Å²) in [6.07, 6.45) is 1.37. The lowest BCUT2D eigenvalue weighted by Gasteiger charge is -2.09. The first-order valence-electron chi connectivity index (χ1n) is 6.25. The monoisotopic (exact) mass is 254 g/mol. The Balaban J connectivity index is 2.46. The van der Waals surface area contributed by atoms with Gasteiger partial charge in [-0.25, -0.2) is 9.97 Å². The van der Waals surface area contributed by atoms with Crippen LogP contribution in [0.4, 0.5) is 11.6 Å². The molecule has 1 aromatic rings. The highest BCUT2D eigenvalue weighted by molar-refractivity contribution is 5.44. The SMILES string of the molecule is CCOCc1nc(N)cc(NCCCC(C)O)n1. The molecule has 0 saturated heterocycles. The first-order valence-corrected chi connectivity index (χ1v) is 6.25. The third-order valence-electron chi connectivity index (χ3n) is 2.33. The van der Waals surface area contributed by atoms with Gasteiger partial charge in [-0.2, -0.15) is 0 Å². The zero-order chi connectivity index (χ0) is 13.4. The largest absolute Gasteiger partial charge is 0.393 e. The van der Waals surface area contributed by atoms with Crippen molar-refractivity contribution < 1.29 is 9.84 Å². The Bertz CT molecular complexity index is 358. The molecule has 6 heteroatoms. The molecule has 1 atom stereocenters. The fourth-order valence-corrected chi connectivity index (χ4v) is 1.48. The van der Waals surface area contributed by atoms with Crippen molar-refractivity contribution in [3.05, 3.63) is 11.9 Å². The predicted octanol–water partition coefficient (Wildman–Crippen LogP) is 1.17. The Kier molecular flexibility index (Phi) is 6.38. The summed E-state index contributed by atoms with van der Waals surface area (Å²) in [4.78, 5) is 8.39. The Labute approximate surface area is 108 Å². The number of nitrogens with zero attached hydrogens (tertiary/aromatic N) is 2. The minimum Gasteiger partial charge on any atom is -0.393 e. The number of nitrogens with one attached hydrogen (secondary N) is 1. The summed E-state index contributed by atoms with van der Waals surface area (Å²) in [5, 5.41) is 12.3. The number of hydrogen-bond donors (Lipinski definition) is 3. The number of aliphatic hydroxyl groups is 1. The standard InChI is InChI=1S/C12H22N4O2/c1-3-18-8-12-15-10(13)7-11(16-12)14-6-4-5-9(2)17/h7,9,17H,3-6,8H2,1-2H3,(H3,13,14,15,16). The zero-order valence-corrected chi connectivity index (χ0v) is 11.0. The second-order valence-corrected chi connectivity index (χ2v) is 4.15. The third kappa shape index (κ3) is 5.79. The van der Waals surface area contributed by atoms with Crippen molar-refractivity contribution >= 4 is 11.6 Å². The molecule has 0 aromatic carbocycles. The molecule has 102 valence electrons. The van der Waals surface area contributed by atoms with Crippen molar-refractivity contribution in [3.63, 3.8) is 0 Å². The van der Waals surface area contributed by atoms with Crippen LogP contribution in [0.1, 0.15) is 32.5 Å². The highest BCUT2D eigenvalue weighted by Gasteiger charge is 2.03. The van der Waals surface area contributed by atoms with E-state index < -0.39 is 0 Å². The summed E-state index contributed by atoms with van der Waals surface area (Å²) in [7, 11) is 0. The molecule has 0 aliphatic carbocycles. The molecule has 0 saturated carbocycles. The van der Waals surface area contributed by atoms with Gasteiger partial charge in [0.05, 0.1) is 6.10 Å². The van der Waals surface area contributed by atoms with Gasteiger partial charge in [0.15, 0.2) is 5.82 Å². The van der Waals surface area contributed by atoms with E-state index in [1.165, 1.54) is 0 Å². The maximum atomic E-state index is 9.14. The number of nitrogens with two attached hydrogens (primary N) is 1. The molecule has 0 fully saturated rings. The molecule has 0 bridgehead atoms. The Morgan fingerprint density at radius 3 is 2.94 bits per heavy atom. The van der Waals surface area contributed by atoms with Crippen LogP contribution in [-0.2, 0) is 11.3 Å². The lowest BCUT2D eigenvalue weighted by Crippen LogP contribution is -2.10. The van der Waals surface area contributed by atoms with Crippen molar-refractivity contribution in [3.8, 4) is 0 Å². The van der Waals surface area contributed by atoms with Gasteiger partial charge in [0.2, 0.25) is 0 Å². The lowest BCUT2D eigenvalue weighted by molar-refractivity contribution is 0.128. The summed E-state index contributed by atoms with van der Waals surface area (Å²) in [6.45, 7) is 5.43. The average Bonchev–Trinajstić information content (AvgIpc) is 2.31. The highest BCUT2D eigenvalue weighted by Crippen LogP contribution is 2.09. The van der Waals surface area contributed by atoms with Crippen LogP contribution in [0.25, 0.3) is 0 Å². The number of nitrogen functional groups attached to an aromatic ring is 1. The maximum absolute atomic E-state index is 9.14. The van der Waals surface area contributed by atoms with E-state index in [0.29, 0.717) is 30.7 Å². The molecule has 6 nitrogen and oxygen atoms in total. The number of hydrogen-bond acceptors (Lipinski definition) is 6. The molecular formula is C12H22N4O2. The van der Waals surface area contributed by atoms with Crippen LogP contribution in [0.3, 0.4) is 0 Å². The van der Waals surface area contributed by atoms with Crippen LogP contribution in [0, 0.1) is 0 Å². The molecule has 0 aliphatic heterocycles. The number of aromatic nitrogens is 2. The fraction of sp³-hybridized carbons (Fsp3) is 0.667. The molecule has 18 heavy (non-hydrogen) atoms. The van der Waals surface area contributed by atoms with E-state index in [1.807, 2.05) is 6.92 Å². The fourth-order valence-electron chi connectivity index (χ4n) is 1.48. The van der Waals surface area contributed by atoms with E-state index in [9.17, 15) is 0 Å². The topological polar surface area (TPSA) is 93.3 Å². The zero-order valence-electron chi connectivity index (χ0n) is 11.0.